The van der Waals surface area contributed by atoms with Crippen LogP contribution in [0, 0.1) is 3.57 Å². The molecule has 1 aromatic carbocycles. The lowest BCUT2D eigenvalue weighted by atomic mass is 10.2. The number of aromatic nitrogens is 2. The summed E-state index contributed by atoms with van der Waals surface area (Å²) < 4.78 is 34.3. The highest BCUT2D eigenvalue weighted by atomic mass is 127. The molecule has 1 fully saturated rings. The number of halogens is 4. The monoisotopic (exact) mass is 495 g/mol. The van der Waals surface area contributed by atoms with Gasteiger partial charge in [-0.05, 0) is 53.6 Å². The zero-order valence-electron chi connectivity index (χ0n) is 14.0. The van der Waals surface area contributed by atoms with Crippen LogP contribution in [0.1, 0.15) is 35.3 Å². The van der Waals surface area contributed by atoms with Crippen LogP contribution < -0.4 is 4.74 Å². The highest BCUT2D eigenvalue weighted by Crippen LogP contribution is 2.29. The molecule has 1 unspecified atom stereocenters. The molecule has 0 radical (unpaired) electrons. The van der Waals surface area contributed by atoms with Gasteiger partial charge in [-0.25, -0.2) is 8.78 Å². The quantitative estimate of drug-likeness (QED) is 0.581. The van der Waals surface area contributed by atoms with Crippen molar-refractivity contribution in [2.24, 2.45) is 7.05 Å². The van der Waals surface area contributed by atoms with Crippen LogP contribution in [0.3, 0.4) is 0 Å². The molecule has 2 heterocycles. The topological polar surface area (TPSA) is 47.4 Å². The molecule has 1 saturated heterocycles. The van der Waals surface area contributed by atoms with Crippen molar-refractivity contribution in [1.82, 2.24) is 14.7 Å². The average molecular weight is 496 g/mol. The molecule has 9 heteroatoms. The summed E-state index contributed by atoms with van der Waals surface area (Å²) in [5.41, 5.74) is -0.536. The van der Waals surface area contributed by atoms with Gasteiger partial charge in [0.05, 0.1) is 16.6 Å². The fourth-order valence-corrected chi connectivity index (χ4v) is 3.95. The lowest BCUT2D eigenvalue weighted by Gasteiger charge is -2.25. The lowest BCUT2D eigenvalue weighted by molar-refractivity contribution is 0.0680. The number of ether oxygens (including phenoxy) is 1. The minimum Gasteiger partial charge on any atom is -0.490 e. The average Bonchev–Trinajstić information content (AvgIpc) is 3.20. The number of alkyl halides is 2. The summed E-state index contributed by atoms with van der Waals surface area (Å²) >= 11 is 8.32. The molecule has 0 N–H and O–H groups in total. The van der Waals surface area contributed by atoms with E-state index in [9.17, 15) is 13.6 Å². The van der Waals surface area contributed by atoms with Gasteiger partial charge in [0, 0.05) is 23.4 Å². The number of hydrogen-bond donors (Lipinski definition) is 0. The van der Waals surface area contributed by atoms with Crippen molar-refractivity contribution in [3.05, 3.63) is 44.2 Å². The Morgan fingerprint density at radius 2 is 2.27 bits per heavy atom. The van der Waals surface area contributed by atoms with E-state index in [0.29, 0.717) is 17.3 Å². The van der Waals surface area contributed by atoms with Crippen LogP contribution in [-0.4, -0.2) is 39.8 Å². The van der Waals surface area contributed by atoms with Gasteiger partial charge in [0.2, 0.25) is 0 Å². The van der Waals surface area contributed by atoms with Crippen LogP contribution in [0.25, 0.3) is 0 Å². The Morgan fingerprint density at radius 1 is 1.50 bits per heavy atom. The fraction of sp³-hybridized carbons (Fsp3) is 0.412. The SMILES string of the molecule is Cn1cc(C(=O)N2CCCC2COc2ccc(I)cc2Cl)c(C(F)F)n1. The molecule has 26 heavy (non-hydrogen) atoms. The van der Waals surface area contributed by atoms with E-state index < -0.39 is 18.0 Å². The van der Waals surface area contributed by atoms with Gasteiger partial charge in [0.1, 0.15) is 18.1 Å². The first kappa shape index (κ1) is 19.3. The Bertz CT molecular complexity index is 815. The van der Waals surface area contributed by atoms with E-state index in [4.69, 9.17) is 16.3 Å². The van der Waals surface area contributed by atoms with E-state index in [1.54, 1.807) is 17.0 Å². The first-order chi connectivity index (χ1) is 12.4. The van der Waals surface area contributed by atoms with Gasteiger partial charge in [-0.15, -0.1) is 0 Å². The molecule has 3 rings (SSSR count). The van der Waals surface area contributed by atoms with Gasteiger partial charge in [0.25, 0.3) is 12.3 Å². The molecular formula is C17H17ClF2IN3O2. The molecule has 0 aliphatic carbocycles. The molecule has 1 aromatic heterocycles. The summed E-state index contributed by atoms with van der Waals surface area (Å²) in [6, 6.07) is 5.26. The summed E-state index contributed by atoms with van der Waals surface area (Å²) in [5, 5.41) is 4.21. The largest absolute Gasteiger partial charge is 0.490 e. The number of nitrogens with zero attached hydrogens (tertiary/aromatic N) is 3. The van der Waals surface area contributed by atoms with Crippen molar-refractivity contribution in [3.8, 4) is 5.75 Å². The molecule has 2 aromatic rings. The molecule has 1 aliphatic rings. The zero-order chi connectivity index (χ0) is 18.8. The molecule has 0 bridgehead atoms. The Labute approximate surface area is 168 Å². The van der Waals surface area contributed by atoms with Gasteiger partial charge in [-0.3, -0.25) is 9.48 Å². The van der Waals surface area contributed by atoms with Gasteiger partial charge < -0.3 is 9.64 Å². The third kappa shape index (κ3) is 4.11. The number of amides is 1. The van der Waals surface area contributed by atoms with Crippen LogP contribution in [0.2, 0.25) is 5.02 Å². The summed E-state index contributed by atoms with van der Waals surface area (Å²) in [6.45, 7) is 0.765. The normalized spacial score (nSPS) is 17.2. The first-order valence-electron chi connectivity index (χ1n) is 8.07. The lowest BCUT2D eigenvalue weighted by Crippen LogP contribution is -2.39. The van der Waals surface area contributed by atoms with E-state index in [2.05, 4.69) is 27.7 Å². The van der Waals surface area contributed by atoms with Gasteiger partial charge >= 0.3 is 0 Å². The van der Waals surface area contributed by atoms with Crippen molar-refractivity contribution >= 4 is 40.1 Å². The van der Waals surface area contributed by atoms with Crippen LogP contribution in [-0.2, 0) is 7.05 Å². The van der Waals surface area contributed by atoms with Crippen molar-refractivity contribution in [2.75, 3.05) is 13.2 Å². The van der Waals surface area contributed by atoms with Crippen LogP contribution in [0.5, 0.6) is 5.75 Å². The van der Waals surface area contributed by atoms with Crippen molar-refractivity contribution < 1.29 is 18.3 Å². The van der Waals surface area contributed by atoms with E-state index in [0.717, 1.165) is 16.4 Å². The predicted molar refractivity (Wildman–Crippen MR) is 102 cm³/mol. The Hall–Kier alpha value is -1.42. The second-order valence-corrected chi connectivity index (χ2v) is 7.74. The van der Waals surface area contributed by atoms with Crippen LogP contribution in [0.15, 0.2) is 24.4 Å². The van der Waals surface area contributed by atoms with Gasteiger partial charge in [-0.2, -0.15) is 5.10 Å². The molecule has 0 saturated carbocycles. The minimum absolute atomic E-state index is 0.0540. The summed E-state index contributed by atoms with van der Waals surface area (Å²) in [5.74, 6) is 0.106. The molecule has 140 valence electrons. The molecule has 1 atom stereocenters. The number of carbonyl (C=O) groups excluding carboxylic acids is 1. The fourth-order valence-electron chi connectivity index (χ4n) is 3.04. The first-order valence-corrected chi connectivity index (χ1v) is 9.53. The molecule has 0 spiro atoms. The summed E-state index contributed by atoms with van der Waals surface area (Å²) in [6.07, 6.45) is 0.0940. The molecular weight excluding hydrogens is 479 g/mol. The third-order valence-electron chi connectivity index (χ3n) is 4.26. The smallest absolute Gasteiger partial charge is 0.282 e. The Balaban J connectivity index is 1.73. The number of benzene rings is 1. The highest BCUT2D eigenvalue weighted by Gasteiger charge is 2.33. The number of hydrogen-bond acceptors (Lipinski definition) is 3. The number of aryl methyl sites for hydroxylation is 1. The van der Waals surface area contributed by atoms with E-state index >= 15 is 0 Å². The highest BCUT2D eigenvalue weighted by molar-refractivity contribution is 14.1. The second kappa shape index (κ2) is 8.08. The zero-order valence-corrected chi connectivity index (χ0v) is 16.9. The van der Waals surface area contributed by atoms with Gasteiger partial charge in [-0.1, -0.05) is 11.6 Å². The number of carbonyl (C=O) groups is 1. The van der Waals surface area contributed by atoms with Crippen molar-refractivity contribution in [3.63, 3.8) is 0 Å². The summed E-state index contributed by atoms with van der Waals surface area (Å²) in [7, 11) is 1.52. The standard InChI is InChI=1S/C17H17ClF2IN3O2/c1-23-8-12(15(22-23)16(19)20)17(25)24-6-2-3-11(24)9-26-14-5-4-10(21)7-13(14)18/h4-5,7-8,11,16H,2-3,6,9H2,1H3. The maximum absolute atomic E-state index is 13.1. The van der Waals surface area contributed by atoms with E-state index in [1.165, 1.54) is 17.9 Å². The Morgan fingerprint density at radius 3 is 2.96 bits per heavy atom. The van der Waals surface area contributed by atoms with Crippen molar-refractivity contribution in [1.29, 1.82) is 0 Å². The van der Waals surface area contributed by atoms with Crippen LogP contribution >= 0.6 is 34.2 Å². The van der Waals surface area contributed by atoms with E-state index in [1.807, 2.05) is 6.07 Å². The third-order valence-corrected chi connectivity index (χ3v) is 5.22. The summed E-state index contributed by atoms with van der Waals surface area (Å²) in [4.78, 5) is 14.4. The Kier molecular flexibility index (Phi) is 6.01. The number of likely N-dealkylation sites (tertiary alicyclic amines) is 1. The molecule has 1 aliphatic heterocycles. The predicted octanol–water partition coefficient (Wildman–Crippen LogP) is 4.30. The molecule has 1 amide bonds. The van der Waals surface area contributed by atoms with Crippen molar-refractivity contribution in [2.45, 2.75) is 25.3 Å². The number of rotatable bonds is 5. The molecule has 5 nitrogen and oxygen atoms in total. The maximum atomic E-state index is 13.1. The maximum Gasteiger partial charge on any atom is 0.282 e. The second-order valence-electron chi connectivity index (χ2n) is 6.08. The minimum atomic E-state index is -2.79. The van der Waals surface area contributed by atoms with Crippen LogP contribution in [0.4, 0.5) is 8.78 Å². The van der Waals surface area contributed by atoms with E-state index in [-0.39, 0.29) is 18.2 Å². The van der Waals surface area contributed by atoms with Gasteiger partial charge in [0.15, 0.2) is 0 Å².